The Labute approximate surface area is 104 Å². The molecular weight excluding hydrogens is 251 g/mol. The molecule has 16 heavy (non-hydrogen) atoms. The minimum atomic E-state index is -1.08. The van der Waals surface area contributed by atoms with Gasteiger partial charge < -0.3 is 9.47 Å². The lowest BCUT2D eigenvalue weighted by molar-refractivity contribution is -0.157. The van der Waals surface area contributed by atoms with Crippen molar-refractivity contribution in [2.45, 2.75) is 19.4 Å². The maximum atomic E-state index is 11.5. The van der Waals surface area contributed by atoms with E-state index in [0.717, 1.165) is 0 Å². The molecule has 0 N–H and O–H groups in total. The highest BCUT2D eigenvalue weighted by Gasteiger charge is 2.31. The average Bonchev–Trinajstić information content (AvgIpc) is 2.21. The van der Waals surface area contributed by atoms with E-state index >= 15 is 0 Å². The summed E-state index contributed by atoms with van der Waals surface area (Å²) in [7, 11) is 0. The summed E-state index contributed by atoms with van der Waals surface area (Å²) in [5.41, 5.74) is -1.08. The fourth-order valence-electron chi connectivity index (χ4n) is 1.06. The Morgan fingerprint density at radius 1 is 1.31 bits per heavy atom. The van der Waals surface area contributed by atoms with Gasteiger partial charge in [0, 0.05) is 5.02 Å². The number of carbonyl (C=O) groups excluding carboxylic acids is 1. The fourth-order valence-corrected chi connectivity index (χ4v) is 1.29. The smallest absolute Gasteiger partial charge is 0.351 e. The van der Waals surface area contributed by atoms with Crippen molar-refractivity contribution in [1.29, 1.82) is 0 Å². The summed E-state index contributed by atoms with van der Waals surface area (Å²) in [6.45, 7) is 3.22. The Morgan fingerprint density at radius 2 is 1.88 bits per heavy atom. The Balaban J connectivity index is 2.72. The van der Waals surface area contributed by atoms with Crippen molar-refractivity contribution in [1.82, 2.24) is 0 Å². The number of hydrogen-bond acceptors (Lipinski definition) is 3. The molecule has 0 aliphatic heterocycles. The monoisotopic (exact) mass is 262 g/mol. The zero-order chi connectivity index (χ0) is 12.2. The summed E-state index contributed by atoms with van der Waals surface area (Å²) in [4.78, 5) is 11.5. The Morgan fingerprint density at radius 3 is 2.38 bits per heavy atom. The molecule has 0 heterocycles. The van der Waals surface area contributed by atoms with Crippen molar-refractivity contribution in [2.24, 2.45) is 0 Å². The van der Waals surface area contributed by atoms with Crippen molar-refractivity contribution in [3.8, 4) is 5.75 Å². The van der Waals surface area contributed by atoms with E-state index in [4.69, 9.17) is 27.9 Å². The molecule has 5 heteroatoms. The van der Waals surface area contributed by atoms with E-state index in [1.165, 1.54) is 0 Å². The number of alkyl halides is 1. The molecule has 3 nitrogen and oxygen atoms in total. The van der Waals surface area contributed by atoms with Gasteiger partial charge in [-0.15, -0.1) is 0 Å². The molecule has 0 bridgehead atoms. The van der Waals surface area contributed by atoms with Gasteiger partial charge in [-0.25, -0.2) is 4.79 Å². The predicted molar refractivity (Wildman–Crippen MR) is 63.0 cm³/mol. The van der Waals surface area contributed by atoms with Crippen LogP contribution in [0.2, 0.25) is 5.02 Å². The number of carbonyl (C=O) groups is 1. The summed E-state index contributed by atoms with van der Waals surface area (Å²) in [5.74, 6) is 0.0263. The third-order valence-corrected chi connectivity index (χ3v) is 2.22. The number of halogens is 2. The molecule has 1 aromatic carbocycles. The van der Waals surface area contributed by atoms with Crippen LogP contribution in [0.1, 0.15) is 13.8 Å². The highest BCUT2D eigenvalue weighted by Crippen LogP contribution is 2.21. The SMILES string of the molecule is CC(C)(Oc1ccc(Cl)cc1)C(=O)OCCl. The van der Waals surface area contributed by atoms with Gasteiger partial charge >= 0.3 is 5.97 Å². The molecule has 0 fully saturated rings. The molecule has 0 aliphatic carbocycles. The molecule has 88 valence electrons. The second-order valence-electron chi connectivity index (χ2n) is 3.61. The van der Waals surface area contributed by atoms with Crippen molar-refractivity contribution in [3.63, 3.8) is 0 Å². The molecule has 0 aromatic heterocycles. The number of benzene rings is 1. The van der Waals surface area contributed by atoms with Gasteiger partial charge in [-0.1, -0.05) is 23.2 Å². The van der Waals surface area contributed by atoms with Crippen molar-refractivity contribution in [2.75, 3.05) is 6.07 Å². The van der Waals surface area contributed by atoms with Gasteiger partial charge in [0.2, 0.25) is 0 Å². The van der Waals surface area contributed by atoms with Gasteiger partial charge in [0.05, 0.1) is 0 Å². The van der Waals surface area contributed by atoms with Gasteiger partial charge in [0.25, 0.3) is 0 Å². The molecule has 0 amide bonds. The Hall–Kier alpha value is -0.930. The maximum absolute atomic E-state index is 11.5. The van der Waals surface area contributed by atoms with Crippen LogP contribution in [0.4, 0.5) is 0 Å². The first kappa shape index (κ1) is 13.1. The summed E-state index contributed by atoms with van der Waals surface area (Å²) < 4.78 is 10.2. The van der Waals surface area contributed by atoms with E-state index in [9.17, 15) is 4.79 Å². The minimum Gasteiger partial charge on any atom is -0.476 e. The van der Waals surface area contributed by atoms with Crippen molar-refractivity contribution in [3.05, 3.63) is 29.3 Å². The van der Waals surface area contributed by atoms with Crippen LogP contribution in [0.25, 0.3) is 0 Å². The lowest BCUT2D eigenvalue weighted by Crippen LogP contribution is -2.39. The largest absolute Gasteiger partial charge is 0.476 e. The van der Waals surface area contributed by atoms with Gasteiger partial charge in [0.1, 0.15) is 5.75 Å². The molecule has 1 aromatic rings. The van der Waals surface area contributed by atoms with E-state index in [1.807, 2.05) is 0 Å². The lowest BCUT2D eigenvalue weighted by Gasteiger charge is -2.23. The van der Waals surface area contributed by atoms with E-state index in [-0.39, 0.29) is 6.07 Å². The summed E-state index contributed by atoms with van der Waals surface area (Å²) in [5, 5.41) is 0.605. The first-order chi connectivity index (χ1) is 7.45. The van der Waals surface area contributed by atoms with Crippen LogP contribution in [-0.2, 0) is 9.53 Å². The van der Waals surface area contributed by atoms with Gasteiger partial charge in [-0.2, -0.15) is 0 Å². The van der Waals surface area contributed by atoms with Crippen LogP contribution in [-0.4, -0.2) is 17.6 Å². The van der Waals surface area contributed by atoms with E-state index in [2.05, 4.69) is 4.74 Å². The standard InChI is InChI=1S/C11H12Cl2O3/c1-11(2,10(14)15-7-12)16-9-5-3-8(13)4-6-9/h3-6H,7H2,1-2H3. The van der Waals surface area contributed by atoms with Crippen LogP contribution in [0.3, 0.4) is 0 Å². The summed E-state index contributed by atoms with van der Waals surface area (Å²) in [6.07, 6.45) is 0. The predicted octanol–water partition coefficient (Wildman–Crippen LogP) is 3.24. The zero-order valence-electron chi connectivity index (χ0n) is 9.00. The van der Waals surface area contributed by atoms with Crippen LogP contribution in [0, 0.1) is 0 Å². The van der Waals surface area contributed by atoms with E-state index in [0.29, 0.717) is 10.8 Å². The van der Waals surface area contributed by atoms with Gasteiger partial charge in [0.15, 0.2) is 11.7 Å². The number of rotatable bonds is 4. The van der Waals surface area contributed by atoms with Crippen LogP contribution >= 0.6 is 23.2 Å². The van der Waals surface area contributed by atoms with Crippen molar-refractivity contribution < 1.29 is 14.3 Å². The lowest BCUT2D eigenvalue weighted by atomic mass is 10.1. The van der Waals surface area contributed by atoms with Crippen LogP contribution in [0.5, 0.6) is 5.75 Å². The second kappa shape index (κ2) is 5.41. The molecule has 1 rings (SSSR count). The molecule has 0 saturated heterocycles. The molecular formula is C11H12Cl2O3. The van der Waals surface area contributed by atoms with Gasteiger partial charge in [-0.05, 0) is 38.1 Å². The summed E-state index contributed by atoms with van der Waals surface area (Å²) >= 11 is 11.0. The normalized spacial score (nSPS) is 11.0. The molecule has 0 atom stereocenters. The zero-order valence-corrected chi connectivity index (χ0v) is 10.5. The minimum absolute atomic E-state index is 0.188. The summed E-state index contributed by atoms with van der Waals surface area (Å²) in [6, 6.07) is 6.53. The topological polar surface area (TPSA) is 35.5 Å². The highest BCUT2D eigenvalue weighted by molar-refractivity contribution is 6.30. The number of hydrogen-bond donors (Lipinski definition) is 0. The Kier molecular flexibility index (Phi) is 4.44. The van der Waals surface area contributed by atoms with Crippen molar-refractivity contribution >= 4 is 29.2 Å². The fraction of sp³-hybridized carbons (Fsp3) is 0.364. The highest BCUT2D eigenvalue weighted by atomic mass is 35.5. The first-order valence-electron chi connectivity index (χ1n) is 4.63. The number of ether oxygens (including phenoxy) is 2. The third kappa shape index (κ3) is 3.58. The average molecular weight is 263 g/mol. The molecule has 0 unspecified atom stereocenters. The third-order valence-electron chi connectivity index (χ3n) is 1.86. The molecule has 0 saturated carbocycles. The van der Waals surface area contributed by atoms with Gasteiger partial charge in [-0.3, -0.25) is 0 Å². The van der Waals surface area contributed by atoms with Crippen LogP contribution < -0.4 is 4.74 Å². The number of esters is 1. The quantitative estimate of drug-likeness (QED) is 0.618. The molecule has 0 aliphatic rings. The van der Waals surface area contributed by atoms with Crippen LogP contribution in [0.15, 0.2) is 24.3 Å². The van der Waals surface area contributed by atoms with E-state index in [1.54, 1.807) is 38.1 Å². The van der Waals surface area contributed by atoms with E-state index < -0.39 is 11.6 Å². The Bertz CT molecular complexity index is 360. The molecule has 0 radical (unpaired) electrons. The second-order valence-corrected chi connectivity index (χ2v) is 4.26. The first-order valence-corrected chi connectivity index (χ1v) is 5.55. The molecule has 0 spiro atoms. The maximum Gasteiger partial charge on any atom is 0.351 e.